The average molecular weight is 626 g/mol. The van der Waals surface area contributed by atoms with Crippen LogP contribution in [0.1, 0.15) is 9.75 Å². The van der Waals surface area contributed by atoms with Gasteiger partial charge >= 0.3 is 12.4 Å². The molecule has 0 aliphatic rings. The molecule has 2 aromatic rings. The van der Waals surface area contributed by atoms with E-state index in [2.05, 4.69) is 38.0 Å². The van der Waals surface area contributed by atoms with E-state index < -0.39 is 35.4 Å². The number of hydrogen-bond donors (Lipinski definition) is 2. The zero-order valence-corrected chi connectivity index (χ0v) is 25.0. The topological polar surface area (TPSA) is 81.1 Å². The Balaban J connectivity index is 0. The van der Waals surface area contributed by atoms with E-state index in [0.717, 1.165) is 35.8 Å². The molecular formula is C22H26F6N2O4S2Zn. The van der Waals surface area contributed by atoms with Gasteiger partial charge in [0.05, 0.1) is 9.75 Å². The third-order valence-electron chi connectivity index (χ3n) is 3.64. The molecule has 15 heteroatoms. The Hall–Kier alpha value is -2.06. The van der Waals surface area contributed by atoms with Gasteiger partial charge in [-0.25, -0.2) is 0 Å². The number of rotatable bonds is 7. The van der Waals surface area contributed by atoms with Crippen molar-refractivity contribution in [3.05, 3.63) is 56.9 Å². The smallest absolute Gasteiger partial charge is 0.454 e. The van der Waals surface area contributed by atoms with Crippen molar-refractivity contribution in [2.24, 2.45) is 0 Å². The maximum Gasteiger partial charge on any atom is 0.454 e. The van der Waals surface area contributed by atoms with E-state index in [4.69, 9.17) is 10.2 Å². The van der Waals surface area contributed by atoms with Crippen molar-refractivity contribution in [2.75, 3.05) is 41.3 Å². The Kier molecular flexibility index (Phi) is 17.5. The summed E-state index contributed by atoms with van der Waals surface area (Å²) in [6.07, 6.45) is -9.53. The number of halogens is 6. The molecule has 0 saturated carbocycles. The van der Waals surface area contributed by atoms with Gasteiger partial charge < -0.3 is 20.0 Å². The molecule has 204 valence electrons. The fourth-order valence-electron chi connectivity index (χ4n) is 1.80. The van der Waals surface area contributed by atoms with Gasteiger partial charge in [-0.05, 0) is 51.1 Å². The van der Waals surface area contributed by atoms with Crippen LogP contribution < -0.4 is 0 Å². The fourth-order valence-corrected chi connectivity index (χ4v) is 3.08. The first-order valence-corrected chi connectivity index (χ1v) is 11.6. The maximum absolute atomic E-state index is 11.7. The summed E-state index contributed by atoms with van der Waals surface area (Å²) in [7, 11) is 8.35. The molecule has 0 radical (unpaired) electrons. The van der Waals surface area contributed by atoms with Gasteiger partial charge in [0.15, 0.2) is 0 Å². The fraction of sp³-hybridized carbons (Fsp3) is 0.364. The van der Waals surface area contributed by atoms with E-state index in [1.807, 2.05) is 0 Å². The van der Waals surface area contributed by atoms with E-state index >= 15 is 0 Å². The minimum absolute atomic E-state index is 0. The van der Waals surface area contributed by atoms with Gasteiger partial charge in [-0.15, -0.1) is 22.7 Å². The first kappa shape index (κ1) is 37.1. The summed E-state index contributed by atoms with van der Waals surface area (Å²) in [5, 5.41) is 21.3. The van der Waals surface area contributed by atoms with Gasteiger partial charge in [-0.2, -0.15) is 26.3 Å². The number of carbonyl (C=O) groups is 2. The SMILES string of the molecule is CN(C)CCN(C)C.O=C(C=C(O)c1cccs1)C(F)(F)F.O=C(C=C(O)c1cccs1)C(F)(F)F.[Zn]. The summed E-state index contributed by atoms with van der Waals surface area (Å²) in [5.74, 6) is -5.46. The van der Waals surface area contributed by atoms with Gasteiger partial charge in [0.2, 0.25) is 0 Å². The van der Waals surface area contributed by atoms with Crippen molar-refractivity contribution < 1.29 is 65.6 Å². The predicted octanol–water partition coefficient (Wildman–Crippen LogP) is 5.66. The van der Waals surface area contributed by atoms with Crippen LogP contribution >= 0.6 is 22.7 Å². The van der Waals surface area contributed by atoms with Crippen LogP contribution in [-0.2, 0) is 29.1 Å². The van der Waals surface area contributed by atoms with Gasteiger partial charge in [0.1, 0.15) is 11.5 Å². The van der Waals surface area contributed by atoms with E-state index in [1.54, 1.807) is 22.9 Å². The largest absolute Gasteiger partial charge is 0.506 e. The van der Waals surface area contributed by atoms with E-state index in [-0.39, 0.29) is 41.4 Å². The molecule has 0 amide bonds. The van der Waals surface area contributed by atoms with Crippen molar-refractivity contribution >= 4 is 45.8 Å². The van der Waals surface area contributed by atoms with Gasteiger partial charge in [0, 0.05) is 44.7 Å². The summed E-state index contributed by atoms with van der Waals surface area (Å²) in [6, 6.07) is 5.95. The predicted molar refractivity (Wildman–Crippen MR) is 129 cm³/mol. The Labute approximate surface area is 231 Å². The van der Waals surface area contributed by atoms with Crippen LogP contribution in [0.3, 0.4) is 0 Å². The molecule has 2 rings (SSSR count). The summed E-state index contributed by atoms with van der Waals surface area (Å²) in [6.45, 7) is 2.29. The third kappa shape index (κ3) is 17.1. The molecule has 6 nitrogen and oxygen atoms in total. The second-order valence-corrected chi connectivity index (χ2v) is 9.24. The molecule has 0 aromatic carbocycles. The van der Waals surface area contributed by atoms with Crippen molar-refractivity contribution in [1.82, 2.24) is 9.80 Å². The standard InChI is InChI=1S/2C8H5F3O2S.C6H16N2.Zn/c2*9-8(10,11)7(13)4-5(12)6-2-1-3-14-6;1-7(2)5-6-8(3)4;/h2*1-4,12H;5-6H2,1-4H3;. The number of aliphatic hydroxyl groups is 2. The molecule has 0 atom stereocenters. The monoisotopic (exact) mass is 624 g/mol. The van der Waals surface area contributed by atoms with E-state index in [9.17, 15) is 35.9 Å². The van der Waals surface area contributed by atoms with Gasteiger partial charge in [-0.1, -0.05) is 12.1 Å². The maximum atomic E-state index is 11.7. The summed E-state index contributed by atoms with van der Waals surface area (Å²) >= 11 is 2.09. The summed E-state index contributed by atoms with van der Waals surface area (Å²) < 4.78 is 70.5. The number of allylic oxidation sites excluding steroid dienone is 2. The van der Waals surface area contributed by atoms with Crippen LogP contribution in [0.5, 0.6) is 0 Å². The number of hydrogen-bond acceptors (Lipinski definition) is 8. The second-order valence-electron chi connectivity index (χ2n) is 7.34. The van der Waals surface area contributed by atoms with Crippen molar-refractivity contribution in [3.8, 4) is 0 Å². The number of thiophene rings is 2. The Morgan fingerprint density at radius 2 is 1.05 bits per heavy atom. The van der Waals surface area contributed by atoms with Gasteiger partial charge in [0.25, 0.3) is 11.6 Å². The number of nitrogens with zero attached hydrogens (tertiary/aromatic N) is 2. The first-order valence-electron chi connectivity index (χ1n) is 9.86. The Bertz CT molecular complexity index is 908. The molecule has 37 heavy (non-hydrogen) atoms. The van der Waals surface area contributed by atoms with Crippen LogP contribution in [-0.4, -0.2) is 85.2 Å². The minimum Gasteiger partial charge on any atom is -0.506 e. The van der Waals surface area contributed by atoms with Crippen LogP contribution in [0.25, 0.3) is 11.5 Å². The average Bonchev–Trinajstić information content (AvgIpc) is 3.46. The minimum atomic E-state index is -4.94. The number of likely N-dealkylation sites (N-methyl/N-ethyl adjacent to an activating group) is 2. The third-order valence-corrected chi connectivity index (χ3v) is 5.42. The molecule has 0 aliphatic carbocycles. The molecule has 0 spiro atoms. The molecule has 0 bridgehead atoms. The van der Waals surface area contributed by atoms with Crippen molar-refractivity contribution in [1.29, 1.82) is 0 Å². The van der Waals surface area contributed by atoms with E-state index in [0.29, 0.717) is 0 Å². The normalized spacial score (nSPS) is 12.2. The van der Waals surface area contributed by atoms with Crippen LogP contribution in [0.2, 0.25) is 0 Å². The van der Waals surface area contributed by atoms with Crippen molar-refractivity contribution in [2.45, 2.75) is 12.4 Å². The van der Waals surface area contributed by atoms with Crippen LogP contribution in [0.15, 0.2) is 47.2 Å². The Morgan fingerprint density at radius 1 is 0.757 bits per heavy atom. The van der Waals surface area contributed by atoms with E-state index in [1.165, 1.54) is 12.1 Å². The molecule has 2 aromatic heterocycles. The summed E-state index contributed by atoms with van der Waals surface area (Å²) in [5.41, 5.74) is 0. The van der Waals surface area contributed by atoms with Crippen molar-refractivity contribution in [3.63, 3.8) is 0 Å². The first-order chi connectivity index (χ1) is 16.4. The Morgan fingerprint density at radius 3 is 1.24 bits per heavy atom. The zero-order valence-electron chi connectivity index (χ0n) is 20.4. The number of aliphatic hydroxyl groups excluding tert-OH is 2. The molecule has 0 aliphatic heterocycles. The second kappa shape index (κ2) is 17.5. The molecule has 0 saturated heterocycles. The quantitative estimate of drug-likeness (QED) is 0.179. The van der Waals surface area contributed by atoms with Gasteiger partial charge in [-0.3, -0.25) is 9.59 Å². The molecular weight excluding hydrogens is 600 g/mol. The summed E-state index contributed by atoms with van der Waals surface area (Å²) in [4.78, 5) is 25.6. The number of carbonyl (C=O) groups excluding carboxylic acids is 2. The number of ketones is 2. The molecule has 2 N–H and O–H groups in total. The van der Waals surface area contributed by atoms with Crippen LogP contribution in [0.4, 0.5) is 26.3 Å². The van der Waals surface area contributed by atoms with Crippen LogP contribution in [0, 0.1) is 0 Å². The molecule has 2 heterocycles. The zero-order chi connectivity index (χ0) is 28.1. The number of alkyl halides is 6. The molecule has 0 unspecified atom stereocenters. The molecule has 0 fully saturated rings.